The minimum absolute atomic E-state index is 0.0568. The van der Waals surface area contributed by atoms with Crippen LogP contribution in [0.15, 0.2) is 18.2 Å². The monoisotopic (exact) mass is 530 g/mol. The van der Waals surface area contributed by atoms with Crippen molar-refractivity contribution in [1.29, 1.82) is 0 Å². The van der Waals surface area contributed by atoms with Gasteiger partial charge in [-0.3, -0.25) is 4.79 Å². The number of amides is 1. The Morgan fingerprint density at radius 3 is 2.83 bits per heavy atom. The number of hydrogen-bond acceptors (Lipinski definition) is 8. The average molecular weight is 531 g/mol. The van der Waals surface area contributed by atoms with E-state index < -0.39 is 26.8 Å². The first-order valence-corrected chi connectivity index (χ1v) is 14.7. The molecule has 1 aromatic heterocycles. The Balaban J connectivity index is 1.42. The lowest BCUT2D eigenvalue weighted by molar-refractivity contribution is -0.201. The number of rotatable bonds is 8. The quantitative estimate of drug-likeness (QED) is 0.398. The molecule has 4 rings (SSSR count). The van der Waals surface area contributed by atoms with E-state index in [2.05, 4.69) is 34.1 Å². The first-order valence-electron chi connectivity index (χ1n) is 11.9. The molecule has 2 fully saturated rings. The number of hydrogen-bond donors (Lipinski definition) is 2. The Labute approximate surface area is 215 Å². The van der Waals surface area contributed by atoms with Gasteiger partial charge in [0.2, 0.25) is 0 Å². The topological polar surface area (TPSA) is 115 Å². The summed E-state index contributed by atoms with van der Waals surface area (Å²) in [5.74, 6) is 11.0. The average Bonchev–Trinajstić information content (AvgIpc) is 3.53. The van der Waals surface area contributed by atoms with Crippen molar-refractivity contribution in [1.82, 2.24) is 10.5 Å². The van der Waals surface area contributed by atoms with Gasteiger partial charge in [-0.15, -0.1) is 11.3 Å². The van der Waals surface area contributed by atoms with E-state index in [9.17, 15) is 18.3 Å². The van der Waals surface area contributed by atoms with Gasteiger partial charge in [0.1, 0.15) is 4.75 Å². The summed E-state index contributed by atoms with van der Waals surface area (Å²) in [7, 11) is -3.75. The number of hydroxylamine groups is 1. The van der Waals surface area contributed by atoms with E-state index in [1.807, 2.05) is 18.2 Å². The zero-order valence-electron chi connectivity index (χ0n) is 20.4. The van der Waals surface area contributed by atoms with Gasteiger partial charge in [0.15, 0.2) is 16.1 Å². The Kier molecular flexibility index (Phi) is 8.03. The standard InChI is InChI=1S/C26H30N2O6S2/c1-25(36(2,31)32,24(30)28-34-23-8-4-6-16-33-23)13-11-22-27-20-10-9-19(17-21(20)35-22)7-3-5-12-26(18-29)14-15-26/h9-10,17,23,29H,4,6,8,11,13-16,18H2,1-2H3,(H,28,30). The number of nitrogens with zero attached hydrogens (tertiary/aromatic N) is 1. The van der Waals surface area contributed by atoms with Gasteiger partial charge in [-0.05, 0) is 69.1 Å². The number of carbonyl (C=O) groups is 1. The maximum atomic E-state index is 12.9. The molecule has 8 nitrogen and oxygen atoms in total. The van der Waals surface area contributed by atoms with E-state index in [4.69, 9.17) is 9.57 Å². The second kappa shape index (κ2) is 10.9. The second-order valence-corrected chi connectivity index (χ2v) is 13.1. The molecular weight excluding hydrogens is 500 g/mol. The molecule has 1 amide bonds. The highest BCUT2D eigenvalue weighted by molar-refractivity contribution is 7.92. The molecule has 2 unspecified atom stereocenters. The van der Waals surface area contributed by atoms with Crippen LogP contribution in [-0.4, -0.2) is 54.9 Å². The van der Waals surface area contributed by atoms with Crippen molar-refractivity contribution < 1.29 is 27.9 Å². The van der Waals surface area contributed by atoms with Crippen LogP contribution in [0.5, 0.6) is 0 Å². The van der Waals surface area contributed by atoms with Gasteiger partial charge in [0.05, 0.1) is 27.2 Å². The third-order valence-electron chi connectivity index (χ3n) is 6.72. The van der Waals surface area contributed by atoms with Crippen molar-refractivity contribution in [2.75, 3.05) is 19.5 Å². The lowest BCUT2D eigenvalue weighted by atomic mass is 10.0. The van der Waals surface area contributed by atoms with Crippen molar-refractivity contribution in [3.05, 3.63) is 28.8 Å². The van der Waals surface area contributed by atoms with E-state index in [0.29, 0.717) is 19.4 Å². The number of benzene rings is 1. The van der Waals surface area contributed by atoms with E-state index >= 15 is 0 Å². The number of ether oxygens (including phenoxy) is 1. The van der Waals surface area contributed by atoms with Crippen LogP contribution >= 0.6 is 11.3 Å². The van der Waals surface area contributed by atoms with Crippen LogP contribution in [0.4, 0.5) is 0 Å². The number of nitrogens with one attached hydrogen (secondary N) is 1. The van der Waals surface area contributed by atoms with Crippen molar-refractivity contribution in [2.45, 2.75) is 62.9 Å². The first kappa shape index (κ1) is 26.6. The largest absolute Gasteiger partial charge is 0.395 e. The van der Waals surface area contributed by atoms with Gasteiger partial charge in [0.25, 0.3) is 5.91 Å². The predicted octanol–water partition coefficient (Wildman–Crippen LogP) is 2.73. The van der Waals surface area contributed by atoms with E-state index in [1.165, 1.54) is 18.3 Å². The van der Waals surface area contributed by atoms with E-state index in [1.54, 1.807) is 0 Å². The van der Waals surface area contributed by atoms with Crippen molar-refractivity contribution in [3.8, 4) is 23.7 Å². The van der Waals surface area contributed by atoms with Crippen LogP contribution in [0, 0.1) is 29.1 Å². The molecule has 36 heavy (non-hydrogen) atoms. The van der Waals surface area contributed by atoms with Gasteiger partial charge >= 0.3 is 0 Å². The minimum Gasteiger partial charge on any atom is -0.395 e. The molecule has 2 aromatic rings. The van der Waals surface area contributed by atoms with Crippen LogP contribution in [0.2, 0.25) is 0 Å². The smallest absolute Gasteiger partial charge is 0.264 e. The highest BCUT2D eigenvalue weighted by Crippen LogP contribution is 2.44. The highest BCUT2D eigenvalue weighted by atomic mass is 32.2. The summed E-state index contributed by atoms with van der Waals surface area (Å²) in [6.07, 6.45) is 5.19. The molecular formula is C26H30N2O6S2. The first-order chi connectivity index (χ1) is 17.1. The number of aryl methyl sites for hydroxylation is 1. The molecule has 1 aromatic carbocycles. The van der Waals surface area contributed by atoms with Gasteiger partial charge < -0.3 is 9.84 Å². The Bertz CT molecular complexity index is 1350. The zero-order chi connectivity index (χ0) is 25.8. The van der Waals surface area contributed by atoms with Crippen LogP contribution in [0.25, 0.3) is 10.2 Å². The number of aromatic nitrogens is 1. The summed E-state index contributed by atoms with van der Waals surface area (Å²) >= 11 is 1.44. The van der Waals surface area contributed by atoms with E-state index in [0.717, 1.165) is 52.7 Å². The summed E-state index contributed by atoms with van der Waals surface area (Å²) < 4.78 is 29.9. The lowest BCUT2D eigenvalue weighted by Gasteiger charge is -2.28. The molecule has 0 bridgehead atoms. The van der Waals surface area contributed by atoms with Gasteiger partial charge in [0, 0.05) is 31.3 Å². The molecule has 2 aliphatic rings. The van der Waals surface area contributed by atoms with Gasteiger partial charge in [-0.1, -0.05) is 11.8 Å². The van der Waals surface area contributed by atoms with Crippen molar-refractivity contribution in [3.63, 3.8) is 0 Å². The third-order valence-corrected chi connectivity index (χ3v) is 9.83. The zero-order valence-corrected chi connectivity index (χ0v) is 22.1. The summed E-state index contributed by atoms with van der Waals surface area (Å²) in [5.41, 5.74) is 3.64. The maximum absolute atomic E-state index is 12.9. The molecule has 0 radical (unpaired) electrons. The molecule has 10 heteroatoms. The lowest BCUT2D eigenvalue weighted by Crippen LogP contribution is -2.51. The van der Waals surface area contributed by atoms with E-state index in [-0.39, 0.29) is 18.4 Å². The normalized spacial score (nSPS) is 20.4. The molecule has 0 spiro atoms. The molecule has 1 saturated carbocycles. The Morgan fingerprint density at radius 2 is 2.17 bits per heavy atom. The van der Waals surface area contributed by atoms with Crippen LogP contribution in [0.3, 0.4) is 0 Å². The van der Waals surface area contributed by atoms with Crippen LogP contribution in [-0.2, 0) is 30.6 Å². The fraction of sp³-hybridized carbons (Fsp3) is 0.538. The fourth-order valence-electron chi connectivity index (χ4n) is 3.74. The molecule has 1 aliphatic heterocycles. The van der Waals surface area contributed by atoms with Gasteiger partial charge in [-0.2, -0.15) is 0 Å². The molecule has 1 saturated heterocycles. The number of aliphatic hydroxyl groups is 1. The summed E-state index contributed by atoms with van der Waals surface area (Å²) in [5, 5.41) is 10.0. The molecule has 1 aliphatic carbocycles. The number of carbonyl (C=O) groups excluding carboxylic acids is 1. The van der Waals surface area contributed by atoms with Crippen molar-refractivity contribution in [2.24, 2.45) is 5.41 Å². The Hall–Kier alpha value is -2.47. The molecule has 192 valence electrons. The molecule has 2 atom stereocenters. The highest BCUT2D eigenvalue weighted by Gasteiger charge is 2.44. The van der Waals surface area contributed by atoms with Crippen LogP contribution in [0.1, 0.15) is 56.0 Å². The second-order valence-electron chi connectivity index (χ2n) is 9.58. The Morgan fingerprint density at radius 1 is 1.36 bits per heavy atom. The van der Waals surface area contributed by atoms with Gasteiger partial charge in [-0.25, -0.2) is 23.7 Å². The van der Waals surface area contributed by atoms with Crippen LogP contribution < -0.4 is 5.48 Å². The summed E-state index contributed by atoms with van der Waals surface area (Å²) in [4.78, 5) is 22.8. The minimum atomic E-state index is -3.75. The van der Waals surface area contributed by atoms with Crippen molar-refractivity contribution >= 4 is 37.3 Å². The summed E-state index contributed by atoms with van der Waals surface area (Å²) in [6.45, 7) is 2.03. The fourth-order valence-corrected chi connectivity index (χ4v) is 5.60. The number of thiazole rings is 1. The number of fused-ring (bicyclic) bond motifs is 1. The molecule has 2 heterocycles. The maximum Gasteiger partial charge on any atom is 0.264 e. The SMILES string of the molecule is CC(CCc1nc2ccc(C#CC#CC3(CO)CC3)cc2s1)(C(=O)NOC1CCCCO1)S(C)(=O)=O. The third kappa shape index (κ3) is 6.26. The number of aliphatic hydroxyl groups excluding tert-OH is 1. The predicted molar refractivity (Wildman–Crippen MR) is 137 cm³/mol. The molecule has 2 N–H and O–H groups in total. The number of sulfone groups is 1. The summed E-state index contributed by atoms with van der Waals surface area (Å²) in [6, 6.07) is 5.64.